The summed E-state index contributed by atoms with van der Waals surface area (Å²) in [5.41, 5.74) is 10.3. The summed E-state index contributed by atoms with van der Waals surface area (Å²) in [6, 6.07) is 4.02. The molecule has 0 atom stereocenters. The van der Waals surface area contributed by atoms with Crippen LogP contribution < -0.4 is 5.73 Å². The molecule has 0 aliphatic carbocycles. The smallest absolute Gasteiger partial charge is 0.178 e. The number of hydrogen-bond acceptors (Lipinski definition) is 4. The van der Waals surface area contributed by atoms with E-state index in [0.717, 1.165) is 22.6 Å². The standard InChI is InChI=1S/C14H18N4/c1-8(2)13-11(15)7-16-14(18-13)12-6-9(3)5-10(4)17-12/h5-8H,15H2,1-4H3. The molecule has 0 unspecified atom stereocenters. The molecule has 0 amide bonds. The Labute approximate surface area is 107 Å². The van der Waals surface area contributed by atoms with Gasteiger partial charge in [0.2, 0.25) is 0 Å². The summed E-state index contributed by atoms with van der Waals surface area (Å²) in [6.07, 6.45) is 1.66. The molecule has 0 fully saturated rings. The molecule has 18 heavy (non-hydrogen) atoms. The lowest BCUT2D eigenvalue weighted by molar-refractivity contribution is 0.820. The number of aryl methyl sites for hydroxylation is 2. The Morgan fingerprint density at radius 2 is 1.83 bits per heavy atom. The highest BCUT2D eigenvalue weighted by Crippen LogP contribution is 2.22. The molecular formula is C14H18N4. The summed E-state index contributed by atoms with van der Waals surface area (Å²) in [5.74, 6) is 0.914. The van der Waals surface area contributed by atoms with Gasteiger partial charge in [-0.15, -0.1) is 0 Å². The van der Waals surface area contributed by atoms with Gasteiger partial charge in [-0.2, -0.15) is 0 Å². The van der Waals surface area contributed by atoms with E-state index in [9.17, 15) is 0 Å². The van der Waals surface area contributed by atoms with E-state index in [0.29, 0.717) is 11.5 Å². The molecule has 0 radical (unpaired) electrons. The van der Waals surface area contributed by atoms with Gasteiger partial charge in [-0.05, 0) is 37.5 Å². The lowest BCUT2D eigenvalue weighted by atomic mass is 10.1. The van der Waals surface area contributed by atoms with Gasteiger partial charge in [0.1, 0.15) is 5.69 Å². The van der Waals surface area contributed by atoms with Gasteiger partial charge in [-0.3, -0.25) is 0 Å². The normalized spacial score (nSPS) is 10.9. The Balaban J connectivity index is 2.54. The van der Waals surface area contributed by atoms with Crippen molar-refractivity contribution >= 4 is 5.69 Å². The summed E-state index contributed by atoms with van der Waals surface area (Å²) < 4.78 is 0. The second-order valence-electron chi connectivity index (χ2n) is 4.86. The van der Waals surface area contributed by atoms with E-state index in [-0.39, 0.29) is 5.92 Å². The second kappa shape index (κ2) is 4.72. The van der Waals surface area contributed by atoms with Crippen LogP contribution in [0.1, 0.15) is 36.7 Å². The zero-order chi connectivity index (χ0) is 13.3. The Bertz CT molecular complexity index is 556. The van der Waals surface area contributed by atoms with E-state index in [1.807, 2.05) is 26.0 Å². The first-order valence-corrected chi connectivity index (χ1v) is 6.05. The van der Waals surface area contributed by atoms with Crippen molar-refractivity contribution in [1.29, 1.82) is 0 Å². The minimum Gasteiger partial charge on any atom is -0.396 e. The molecule has 2 rings (SSSR count). The first-order valence-electron chi connectivity index (χ1n) is 6.05. The number of nitrogens with two attached hydrogens (primary N) is 1. The Hall–Kier alpha value is -1.97. The Morgan fingerprint density at radius 3 is 2.44 bits per heavy atom. The average molecular weight is 242 g/mol. The van der Waals surface area contributed by atoms with E-state index >= 15 is 0 Å². The minimum absolute atomic E-state index is 0.276. The summed E-state index contributed by atoms with van der Waals surface area (Å²) in [7, 11) is 0. The van der Waals surface area contributed by atoms with E-state index in [1.54, 1.807) is 6.20 Å². The molecule has 0 saturated heterocycles. The number of hydrogen-bond donors (Lipinski definition) is 1. The maximum Gasteiger partial charge on any atom is 0.178 e. The molecule has 2 N–H and O–H groups in total. The van der Waals surface area contributed by atoms with E-state index in [4.69, 9.17) is 5.73 Å². The highest BCUT2D eigenvalue weighted by Gasteiger charge is 2.11. The van der Waals surface area contributed by atoms with Crippen LogP contribution in [0.25, 0.3) is 11.5 Å². The van der Waals surface area contributed by atoms with Crippen LogP contribution in [0.4, 0.5) is 5.69 Å². The molecule has 0 spiro atoms. The third kappa shape index (κ3) is 2.47. The molecule has 0 aromatic carbocycles. The van der Waals surface area contributed by atoms with E-state index < -0.39 is 0 Å². The van der Waals surface area contributed by atoms with Gasteiger partial charge in [-0.1, -0.05) is 13.8 Å². The molecule has 0 aliphatic rings. The van der Waals surface area contributed by atoms with Crippen molar-refractivity contribution in [3.8, 4) is 11.5 Å². The maximum atomic E-state index is 5.88. The van der Waals surface area contributed by atoms with Crippen LogP contribution in [0.2, 0.25) is 0 Å². The Morgan fingerprint density at radius 1 is 1.11 bits per heavy atom. The summed E-state index contributed by atoms with van der Waals surface area (Å²) in [6.45, 7) is 8.14. The number of nitrogen functional groups attached to an aromatic ring is 1. The Kier molecular flexibility index (Phi) is 3.28. The number of rotatable bonds is 2. The SMILES string of the molecule is Cc1cc(C)nc(-c2ncc(N)c(C(C)C)n2)c1. The van der Waals surface area contributed by atoms with Gasteiger partial charge in [-0.25, -0.2) is 15.0 Å². The first-order chi connectivity index (χ1) is 8.47. The fourth-order valence-corrected chi connectivity index (χ4v) is 1.95. The van der Waals surface area contributed by atoms with Gasteiger partial charge in [0, 0.05) is 5.69 Å². The summed E-state index contributed by atoms with van der Waals surface area (Å²) >= 11 is 0. The maximum absolute atomic E-state index is 5.88. The molecule has 0 saturated carbocycles. The lowest BCUT2D eigenvalue weighted by Gasteiger charge is -2.10. The summed E-state index contributed by atoms with van der Waals surface area (Å²) in [4.78, 5) is 13.3. The van der Waals surface area contributed by atoms with E-state index in [2.05, 4.69) is 28.8 Å². The fourth-order valence-electron chi connectivity index (χ4n) is 1.95. The van der Waals surface area contributed by atoms with Crippen molar-refractivity contribution in [2.45, 2.75) is 33.6 Å². The van der Waals surface area contributed by atoms with Crippen LogP contribution in [-0.2, 0) is 0 Å². The third-order valence-corrected chi connectivity index (χ3v) is 2.72. The van der Waals surface area contributed by atoms with Crippen molar-refractivity contribution < 1.29 is 0 Å². The predicted octanol–water partition coefficient (Wildman–Crippen LogP) is 2.86. The first kappa shape index (κ1) is 12.5. The van der Waals surface area contributed by atoms with Crippen LogP contribution in [0, 0.1) is 13.8 Å². The average Bonchev–Trinajstić information content (AvgIpc) is 2.27. The van der Waals surface area contributed by atoms with Gasteiger partial charge in [0.15, 0.2) is 5.82 Å². The van der Waals surface area contributed by atoms with Gasteiger partial charge >= 0.3 is 0 Å². The van der Waals surface area contributed by atoms with Gasteiger partial charge in [0.25, 0.3) is 0 Å². The molecule has 2 aromatic rings. The molecule has 4 nitrogen and oxygen atoms in total. The molecule has 2 heterocycles. The van der Waals surface area contributed by atoms with Gasteiger partial charge in [0.05, 0.1) is 17.6 Å². The quantitative estimate of drug-likeness (QED) is 0.879. The van der Waals surface area contributed by atoms with Crippen molar-refractivity contribution in [2.75, 3.05) is 5.73 Å². The van der Waals surface area contributed by atoms with E-state index in [1.165, 1.54) is 0 Å². The molecule has 94 valence electrons. The second-order valence-corrected chi connectivity index (χ2v) is 4.86. The number of nitrogens with zero attached hydrogens (tertiary/aromatic N) is 3. The predicted molar refractivity (Wildman–Crippen MR) is 73.2 cm³/mol. The van der Waals surface area contributed by atoms with Crippen LogP contribution in [-0.4, -0.2) is 15.0 Å². The third-order valence-electron chi connectivity index (χ3n) is 2.72. The molecule has 4 heteroatoms. The highest BCUT2D eigenvalue weighted by atomic mass is 14.9. The lowest BCUT2D eigenvalue weighted by Crippen LogP contribution is -2.04. The van der Waals surface area contributed by atoms with Crippen LogP contribution in [0.3, 0.4) is 0 Å². The largest absolute Gasteiger partial charge is 0.396 e. The van der Waals surface area contributed by atoms with Crippen LogP contribution in [0.15, 0.2) is 18.3 Å². The molecular weight excluding hydrogens is 224 g/mol. The van der Waals surface area contributed by atoms with Crippen molar-refractivity contribution in [1.82, 2.24) is 15.0 Å². The topological polar surface area (TPSA) is 64.7 Å². The number of anilines is 1. The van der Waals surface area contributed by atoms with Crippen molar-refractivity contribution in [2.24, 2.45) is 0 Å². The number of aromatic nitrogens is 3. The summed E-state index contributed by atoms with van der Waals surface area (Å²) in [5, 5.41) is 0. The zero-order valence-corrected chi connectivity index (χ0v) is 11.2. The fraction of sp³-hybridized carbons (Fsp3) is 0.357. The zero-order valence-electron chi connectivity index (χ0n) is 11.2. The van der Waals surface area contributed by atoms with Crippen molar-refractivity contribution in [3.63, 3.8) is 0 Å². The molecule has 0 aliphatic heterocycles. The molecule has 2 aromatic heterocycles. The highest BCUT2D eigenvalue weighted by molar-refractivity contribution is 5.54. The molecule has 0 bridgehead atoms. The van der Waals surface area contributed by atoms with Crippen molar-refractivity contribution in [3.05, 3.63) is 35.3 Å². The monoisotopic (exact) mass is 242 g/mol. The minimum atomic E-state index is 0.276. The van der Waals surface area contributed by atoms with Crippen LogP contribution >= 0.6 is 0 Å². The van der Waals surface area contributed by atoms with Gasteiger partial charge < -0.3 is 5.73 Å². The number of pyridine rings is 1. The van der Waals surface area contributed by atoms with Crippen LogP contribution in [0.5, 0.6) is 0 Å².